The highest BCUT2D eigenvalue weighted by molar-refractivity contribution is 7.91. The highest BCUT2D eigenvalue weighted by Gasteiger charge is 2.31. The Labute approximate surface area is 165 Å². The van der Waals surface area contributed by atoms with Crippen molar-refractivity contribution in [1.82, 2.24) is 4.57 Å². The van der Waals surface area contributed by atoms with E-state index in [1.54, 1.807) is 6.07 Å². The number of aromatic nitrogens is 1. The van der Waals surface area contributed by atoms with Crippen LogP contribution in [0.3, 0.4) is 0 Å². The zero-order valence-electron chi connectivity index (χ0n) is 16.0. The Morgan fingerprint density at radius 3 is 2.39 bits per heavy atom. The van der Waals surface area contributed by atoms with E-state index in [0.29, 0.717) is 17.7 Å². The Bertz CT molecular complexity index is 1110. The van der Waals surface area contributed by atoms with Crippen molar-refractivity contribution >= 4 is 25.5 Å². The van der Waals surface area contributed by atoms with E-state index in [1.807, 2.05) is 18.4 Å². The molecule has 1 fully saturated rings. The molecule has 1 aromatic heterocycles. The summed E-state index contributed by atoms with van der Waals surface area (Å²) in [5.41, 5.74) is 2.09. The highest BCUT2D eigenvalue weighted by Crippen LogP contribution is 2.29. The summed E-state index contributed by atoms with van der Waals surface area (Å²) in [4.78, 5) is 12.8. The smallest absolute Gasteiger partial charge is 0.202 e. The lowest BCUT2D eigenvalue weighted by Gasteiger charge is -2.16. The van der Waals surface area contributed by atoms with Gasteiger partial charge in [-0.25, -0.2) is 16.8 Å². The van der Waals surface area contributed by atoms with Crippen LogP contribution in [0.5, 0.6) is 5.75 Å². The largest absolute Gasteiger partial charge is 0.485 e. The second-order valence-electron chi connectivity index (χ2n) is 7.17. The third-order valence-corrected chi connectivity index (χ3v) is 7.86. The van der Waals surface area contributed by atoms with Gasteiger partial charge in [-0.3, -0.25) is 4.79 Å². The predicted octanol–water partition coefficient (Wildman–Crippen LogP) is 2.13. The van der Waals surface area contributed by atoms with Gasteiger partial charge in [-0.05, 0) is 50.6 Å². The van der Waals surface area contributed by atoms with Gasteiger partial charge >= 0.3 is 0 Å². The molecule has 1 unspecified atom stereocenters. The maximum absolute atomic E-state index is 12.6. The minimum atomic E-state index is -3.29. The summed E-state index contributed by atoms with van der Waals surface area (Å²) in [5, 5.41) is 0. The van der Waals surface area contributed by atoms with Crippen molar-refractivity contribution in [2.75, 3.05) is 24.4 Å². The molecule has 7 nitrogen and oxygen atoms in total. The van der Waals surface area contributed by atoms with Crippen molar-refractivity contribution in [2.45, 2.75) is 31.2 Å². The SMILES string of the molecule is Cc1cc(C(=O)COc2ccc(S(C)(=O)=O)cc2)c(C)n1C1CCS(=O)(=O)C1. The van der Waals surface area contributed by atoms with E-state index in [0.717, 1.165) is 17.6 Å². The number of benzene rings is 1. The van der Waals surface area contributed by atoms with E-state index in [4.69, 9.17) is 4.74 Å². The van der Waals surface area contributed by atoms with Gasteiger partial charge in [0.25, 0.3) is 0 Å². The Balaban J connectivity index is 1.72. The molecular formula is C19H23NO6S2. The molecule has 1 saturated heterocycles. The van der Waals surface area contributed by atoms with Crippen LogP contribution < -0.4 is 4.74 Å². The van der Waals surface area contributed by atoms with Crippen LogP contribution in [0.25, 0.3) is 0 Å². The van der Waals surface area contributed by atoms with Crippen LogP contribution in [0, 0.1) is 13.8 Å². The highest BCUT2D eigenvalue weighted by atomic mass is 32.2. The number of ketones is 1. The molecule has 9 heteroatoms. The molecule has 1 aliphatic heterocycles. The molecule has 28 heavy (non-hydrogen) atoms. The van der Waals surface area contributed by atoms with E-state index in [9.17, 15) is 21.6 Å². The van der Waals surface area contributed by atoms with Crippen LogP contribution >= 0.6 is 0 Å². The summed E-state index contributed by atoms with van der Waals surface area (Å²) in [6, 6.07) is 7.50. The first-order chi connectivity index (χ1) is 13.0. The average Bonchev–Trinajstić information content (AvgIpc) is 3.10. The van der Waals surface area contributed by atoms with Gasteiger partial charge in [-0.15, -0.1) is 0 Å². The van der Waals surface area contributed by atoms with Gasteiger partial charge in [-0.1, -0.05) is 0 Å². The number of aryl methyl sites for hydroxylation is 1. The number of ether oxygens (including phenoxy) is 1. The van der Waals surface area contributed by atoms with Crippen LogP contribution in [-0.2, 0) is 19.7 Å². The van der Waals surface area contributed by atoms with Crippen molar-refractivity contribution in [3.05, 3.63) is 47.3 Å². The zero-order valence-corrected chi connectivity index (χ0v) is 17.6. The fourth-order valence-electron chi connectivity index (χ4n) is 3.61. The molecule has 0 radical (unpaired) electrons. The van der Waals surface area contributed by atoms with E-state index in [1.165, 1.54) is 24.3 Å². The molecule has 0 aliphatic carbocycles. The molecular weight excluding hydrogens is 402 g/mol. The van der Waals surface area contributed by atoms with Gasteiger partial charge in [0.1, 0.15) is 5.75 Å². The van der Waals surface area contributed by atoms with Gasteiger partial charge in [0.05, 0.1) is 16.4 Å². The number of Topliss-reactive ketones (excluding diaryl/α,β-unsaturated/α-hetero) is 1. The average molecular weight is 426 g/mol. The predicted molar refractivity (Wildman–Crippen MR) is 106 cm³/mol. The van der Waals surface area contributed by atoms with Crippen LogP contribution in [0.2, 0.25) is 0 Å². The second kappa shape index (κ2) is 7.36. The summed E-state index contributed by atoms with van der Waals surface area (Å²) >= 11 is 0. The van der Waals surface area contributed by atoms with Gasteiger partial charge < -0.3 is 9.30 Å². The lowest BCUT2D eigenvalue weighted by molar-refractivity contribution is 0.0920. The standard InChI is InChI=1S/C19H23NO6S2/c1-13-10-18(14(2)20(13)15-8-9-28(24,25)12-15)19(21)11-26-16-4-6-17(7-5-16)27(3,22)23/h4-7,10,15H,8-9,11-12H2,1-3H3. The molecule has 0 N–H and O–H groups in total. The lowest BCUT2D eigenvalue weighted by atomic mass is 10.1. The Morgan fingerprint density at radius 2 is 1.86 bits per heavy atom. The van der Waals surface area contributed by atoms with E-state index in [-0.39, 0.29) is 34.8 Å². The fourth-order valence-corrected chi connectivity index (χ4v) is 5.94. The first-order valence-corrected chi connectivity index (χ1v) is 12.5. The summed E-state index contributed by atoms with van der Waals surface area (Å²) < 4.78 is 54.0. The van der Waals surface area contributed by atoms with Gasteiger partial charge in [-0.2, -0.15) is 0 Å². The summed E-state index contributed by atoms with van der Waals surface area (Å²) in [6.07, 6.45) is 1.67. The quantitative estimate of drug-likeness (QED) is 0.658. The molecule has 0 spiro atoms. The molecule has 0 amide bonds. The van der Waals surface area contributed by atoms with Crippen molar-refractivity contribution in [2.24, 2.45) is 0 Å². The van der Waals surface area contributed by atoms with Gasteiger partial charge in [0.2, 0.25) is 5.78 Å². The first-order valence-electron chi connectivity index (χ1n) is 8.83. The second-order valence-corrected chi connectivity index (χ2v) is 11.4. The molecule has 3 rings (SSSR count). The van der Waals surface area contributed by atoms with E-state index < -0.39 is 19.7 Å². The number of carbonyl (C=O) groups excluding carboxylic acids is 1. The summed E-state index contributed by atoms with van der Waals surface area (Å²) in [6.45, 7) is 3.48. The molecule has 152 valence electrons. The molecule has 2 heterocycles. The topological polar surface area (TPSA) is 99.5 Å². The van der Waals surface area contributed by atoms with Crippen LogP contribution in [0.4, 0.5) is 0 Å². The fraction of sp³-hybridized carbons (Fsp3) is 0.421. The van der Waals surface area contributed by atoms with Crippen molar-refractivity contribution in [1.29, 1.82) is 0 Å². The van der Waals surface area contributed by atoms with Crippen LogP contribution in [-0.4, -0.2) is 51.6 Å². The first kappa shape index (κ1) is 20.6. The number of rotatable bonds is 6. The van der Waals surface area contributed by atoms with Gasteiger partial charge in [0, 0.05) is 29.2 Å². The maximum Gasteiger partial charge on any atom is 0.202 e. The molecule has 0 saturated carbocycles. The maximum atomic E-state index is 12.6. The molecule has 0 bridgehead atoms. The van der Waals surface area contributed by atoms with Crippen LogP contribution in [0.1, 0.15) is 34.2 Å². The number of carbonyl (C=O) groups is 1. The molecule has 1 aromatic carbocycles. The normalized spacial score (nSPS) is 18.9. The summed E-state index contributed by atoms with van der Waals surface area (Å²) in [5.74, 6) is 0.453. The van der Waals surface area contributed by atoms with Gasteiger partial charge in [0.15, 0.2) is 26.3 Å². The third kappa shape index (κ3) is 4.30. The van der Waals surface area contributed by atoms with E-state index >= 15 is 0 Å². The zero-order chi connectivity index (χ0) is 20.7. The van der Waals surface area contributed by atoms with Crippen molar-refractivity contribution in [3.8, 4) is 5.75 Å². The minimum absolute atomic E-state index is 0.0974. The Hall–Kier alpha value is -2.13. The summed E-state index contributed by atoms with van der Waals surface area (Å²) in [7, 11) is -6.31. The number of hydrogen-bond donors (Lipinski definition) is 0. The number of sulfone groups is 2. The monoisotopic (exact) mass is 425 g/mol. The molecule has 2 aromatic rings. The number of hydrogen-bond acceptors (Lipinski definition) is 6. The van der Waals surface area contributed by atoms with Crippen molar-refractivity contribution < 1.29 is 26.4 Å². The molecule has 1 aliphatic rings. The van der Waals surface area contributed by atoms with Crippen molar-refractivity contribution in [3.63, 3.8) is 0 Å². The van der Waals surface area contributed by atoms with E-state index in [2.05, 4.69) is 0 Å². The Morgan fingerprint density at radius 1 is 1.21 bits per heavy atom. The minimum Gasteiger partial charge on any atom is -0.485 e. The Kier molecular flexibility index (Phi) is 5.42. The van der Waals surface area contributed by atoms with Crippen LogP contribution in [0.15, 0.2) is 35.2 Å². The lowest BCUT2D eigenvalue weighted by Crippen LogP contribution is -2.16. The number of nitrogens with zero attached hydrogens (tertiary/aromatic N) is 1. The third-order valence-electron chi connectivity index (χ3n) is 4.98. The molecule has 1 atom stereocenters.